The molecule has 1 aliphatic rings. The molecule has 5 heteroatoms. The average Bonchev–Trinajstić information content (AvgIpc) is 2.93. The maximum atomic E-state index is 12.3. The molecule has 0 spiro atoms. The zero-order valence-corrected chi connectivity index (χ0v) is 10.4. The van der Waals surface area contributed by atoms with E-state index in [0.29, 0.717) is 11.1 Å². The molecule has 2 aromatic carbocycles. The smallest absolute Gasteiger partial charge is 0.215 e. The van der Waals surface area contributed by atoms with E-state index in [4.69, 9.17) is 0 Å². The number of hydrogen-bond acceptors (Lipinski definition) is 5. The quantitative estimate of drug-likeness (QED) is 0.490. The highest BCUT2D eigenvalue weighted by Crippen LogP contribution is 2.29. The molecule has 1 heterocycles. The van der Waals surface area contributed by atoms with E-state index in [2.05, 4.69) is 8.75 Å². The lowest BCUT2D eigenvalue weighted by atomic mass is 9.88. The topological polar surface area (TPSA) is 59.9 Å². The highest BCUT2D eigenvalue weighted by molar-refractivity contribution is 6.99. The van der Waals surface area contributed by atoms with Gasteiger partial charge in [-0.05, 0) is 22.9 Å². The Morgan fingerprint density at radius 2 is 1.26 bits per heavy atom. The number of nitrogens with zero attached hydrogens (tertiary/aromatic N) is 2. The molecule has 1 aromatic heterocycles. The van der Waals surface area contributed by atoms with Gasteiger partial charge in [0.1, 0.15) is 0 Å². The molecule has 0 bridgehead atoms. The van der Waals surface area contributed by atoms with E-state index in [1.165, 1.54) is 0 Å². The van der Waals surface area contributed by atoms with Gasteiger partial charge in [-0.15, -0.1) is 0 Å². The molecule has 4 rings (SSSR count). The van der Waals surface area contributed by atoms with Crippen LogP contribution in [-0.2, 0) is 0 Å². The van der Waals surface area contributed by atoms with Crippen LogP contribution in [0.4, 0.5) is 0 Å². The molecule has 1 aliphatic carbocycles. The second-order valence-electron chi connectivity index (χ2n) is 4.36. The molecule has 0 unspecified atom stereocenters. The lowest BCUT2D eigenvalue weighted by Gasteiger charge is -2.13. The van der Waals surface area contributed by atoms with Gasteiger partial charge in [-0.3, -0.25) is 9.59 Å². The standard InChI is InChI=1S/C14H6N2O2S/c17-13-9-5-7-3-1-2-4-8(7)6-10(9)14(18)12-11(13)15-19-16-12/h1-6H. The zero-order valence-electron chi connectivity index (χ0n) is 9.58. The summed E-state index contributed by atoms with van der Waals surface area (Å²) in [7, 11) is 0. The van der Waals surface area contributed by atoms with Crippen LogP contribution in [0.5, 0.6) is 0 Å². The molecule has 0 atom stereocenters. The summed E-state index contributed by atoms with van der Waals surface area (Å²) >= 11 is 0.896. The molecule has 90 valence electrons. The maximum absolute atomic E-state index is 12.3. The third kappa shape index (κ3) is 1.33. The van der Waals surface area contributed by atoms with Gasteiger partial charge in [-0.25, -0.2) is 0 Å². The fourth-order valence-corrected chi connectivity index (χ4v) is 2.90. The molecule has 0 saturated heterocycles. The predicted octanol–water partition coefficient (Wildman–Crippen LogP) is 2.47. The van der Waals surface area contributed by atoms with E-state index in [1.54, 1.807) is 12.1 Å². The highest BCUT2D eigenvalue weighted by atomic mass is 32.1. The number of ketones is 2. The normalized spacial score (nSPS) is 13.5. The summed E-state index contributed by atoms with van der Waals surface area (Å²) in [6.45, 7) is 0. The summed E-state index contributed by atoms with van der Waals surface area (Å²) in [5.74, 6) is -0.437. The van der Waals surface area contributed by atoms with Crippen LogP contribution >= 0.6 is 11.7 Å². The monoisotopic (exact) mass is 266 g/mol. The summed E-state index contributed by atoms with van der Waals surface area (Å²) in [6, 6.07) is 11.2. The molecule has 0 radical (unpaired) electrons. The zero-order chi connectivity index (χ0) is 13.0. The molecular formula is C14H6N2O2S. The summed E-state index contributed by atoms with van der Waals surface area (Å²) in [5.41, 5.74) is 1.20. The fourth-order valence-electron chi connectivity index (χ4n) is 2.36. The van der Waals surface area contributed by atoms with Crippen LogP contribution in [-0.4, -0.2) is 20.3 Å². The number of fused-ring (bicyclic) bond motifs is 3. The minimum atomic E-state index is -0.218. The van der Waals surface area contributed by atoms with E-state index in [-0.39, 0.29) is 23.0 Å². The van der Waals surface area contributed by atoms with Crippen LogP contribution in [0.1, 0.15) is 32.1 Å². The molecule has 0 amide bonds. The molecule has 19 heavy (non-hydrogen) atoms. The summed E-state index contributed by atoms with van der Waals surface area (Å²) in [6.07, 6.45) is 0. The molecule has 4 nitrogen and oxygen atoms in total. The Balaban J connectivity index is 2.10. The van der Waals surface area contributed by atoms with Crippen molar-refractivity contribution in [3.63, 3.8) is 0 Å². The van der Waals surface area contributed by atoms with Crippen LogP contribution in [0.25, 0.3) is 10.8 Å². The van der Waals surface area contributed by atoms with Gasteiger partial charge in [0.05, 0.1) is 11.7 Å². The summed E-state index contributed by atoms with van der Waals surface area (Å²) in [4.78, 5) is 24.6. The van der Waals surface area contributed by atoms with Crippen LogP contribution < -0.4 is 0 Å². The van der Waals surface area contributed by atoms with E-state index in [1.807, 2.05) is 24.3 Å². The van der Waals surface area contributed by atoms with Crippen LogP contribution in [0.2, 0.25) is 0 Å². The Morgan fingerprint density at radius 3 is 1.74 bits per heavy atom. The summed E-state index contributed by atoms with van der Waals surface area (Å²) in [5, 5.41) is 1.88. The molecule has 0 saturated carbocycles. The molecule has 0 fully saturated rings. The van der Waals surface area contributed by atoms with Crippen LogP contribution in [0.3, 0.4) is 0 Å². The van der Waals surface area contributed by atoms with Crippen molar-refractivity contribution in [2.75, 3.05) is 0 Å². The second-order valence-corrected chi connectivity index (χ2v) is 4.89. The van der Waals surface area contributed by atoms with Crippen LogP contribution in [0.15, 0.2) is 36.4 Å². The minimum Gasteiger partial charge on any atom is -0.287 e. The van der Waals surface area contributed by atoms with Gasteiger partial charge in [0.2, 0.25) is 11.6 Å². The Morgan fingerprint density at radius 1 is 0.789 bits per heavy atom. The van der Waals surface area contributed by atoms with Crippen molar-refractivity contribution in [2.45, 2.75) is 0 Å². The van der Waals surface area contributed by atoms with Crippen LogP contribution in [0, 0.1) is 0 Å². The van der Waals surface area contributed by atoms with Crippen molar-refractivity contribution in [1.82, 2.24) is 8.75 Å². The lowest BCUT2D eigenvalue weighted by Crippen LogP contribution is -2.20. The first-order valence-corrected chi connectivity index (χ1v) is 6.43. The number of rotatable bonds is 0. The highest BCUT2D eigenvalue weighted by Gasteiger charge is 2.33. The van der Waals surface area contributed by atoms with Crippen molar-refractivity contribution in [3.8, 4) is 0 Å². The average molecular weight is 266 g/mol. The number of carbonyl (C=O) groups excluding carboxylic acids is 2. The number of benzene rings is 2. The maximum Gasteiger partial charge on any atom is 0.215 e. The largest absolute Gasteiger partial charge is 0.287 e. The van der Waals surface area contributed by atoms with Gasteiger partial charge < -0.3 is 0 Å². The van der Waals surface area contributed by atoms with Gasteiger partial charge in [0, 0.05) is 11.1 Å². The first-order chi connectivity index (χ1) is 9.25. The van der Waals surface area contributed by atoms with Crippen molar-refractivity contribution >= 4 is 34.1 Å². The van der Waals surface area contributed by atoms with Crippen molar-refractivity contribution in [3.05, 3.63) is 58.9 Å². The van der Waals surface area contributed by atoms with E-state index in [9.17, 15) is 9.59 Å². The van der Waals surface area contributed by atoms with Gasteiger partial charge in [0.15, 0.2) is 11.4 Å². The third-order valence-corrected chi connectivity index (χ3v) is 3.82. The van der Waals surface area contributed by atoms with E-state index >= 15 is 0 Å². The number of carbonyl (C=O) groups is 2. The third-order valence-electron chi connectivity index (χ3n) is 3.29. The van der Waals surface area contributed by atoms with E-state index < -0.39 is 0 Å². The summed E-state index contributed by atoms with van der Waals surface area (Å²) < 4.78 is 7.85. The Bertz CT molecular complexity index is 798. The minimum absolute atomic E-state index is 0.179. The molecule has 0 aliphatic heterocycles. The lowest BCUT2D eigenvalue weighted by molar-refractivity contribution is 0.0974. The van der Waals surface area contributed by atoms with Gasteiger partial charge in [0.25, 0.3) is 0 Å². The SMILES string of the molecule is O=C1c2cc3ccccc3cc2C(=O)c2nsnc21. The van der Waals surface area contributed by atoms with Gasteiger partial charge >= 0.3 is 0 Å². The molecule has 3 aromatic rings. The first kappa shape index (κ1) is 10.5. The Hall–Kier alpha value is -2.40. The van der Waals surface area contributed by atoms with Crippen molar-refractivity contribution in [1.29, 1.82) is 0 Å². The fraction of sp³-hybridized carbons (Fsp3) is 0. The van der Waals surface area contributed by atoms with Gasteiger partial charge in [-0.1, -0.05) is 24.3 Å². The van der Waals surface area contributed by atoms with Crippen molar-refractivity contribution in [2.24, 2.45) is 0 Å². The van der Waals surface area contributed by atoms with Crippen molar-refractivity contribution < 1.29 is 9.59 Å². The van der Waals surface area contributed by atoms with E-state index in [0.717, 1.165) is 22.5 Å². The Kier molecular flexibility index (Phi) is 1.97. The predicted molar refractivity (Wildman–Crippen MR) is 70.7 cm³/mol. The van der Waals surface area contributed by atoms with Gasteiger partial charge in [-0.2, -0.15) is 8.75 Å². The Labute approximate surface area is 112 Å². The number of hydrogen-bond donors (Lipinski definition) is 0. The molecule has 0 N–H and O–H groups in total. The number of aromatic nitrogens is 2. The second kappa shape index (κ2) is 3.55. The first-order valence-electron chi connectivity index (χ1n) is 5.70. The molecular weight excluding hydrogens is 260 g/mol.